The smallest absolute Gasteiger partial charge is 0.214 e. The zero-order chi connectivity index (χ0) is 13.8. The third kappa shape index (κ3) is 4.96. The molecule has 1 rings (SSSR count). The van der Waals surface area contributed by atoms with Gasteiger partial charge in [0, 0.05) is 0 Å². The van der Waals surface area contributed by atoms with Crippen LogP contribution in [0.2, 0.25) is 0 Å². The number of rotatable bonds is 5. The second-order valence-electron chi connectivity index (χ2n) is 5.20. The largest absolute Gasteiger partial charge is 0.356 e. The van der Waals surface area contributed by atoms with E-state index in [2.05, 4.69) is 5.32 Å². The lowest BCUT2D eigenvalue weighted by Gasteiger charge is -2.27. The van der Waals surface area contributed by atoms with Crippen LogP contribution >= 0.6 is 0 Å². The quantitative estimate of drug-likeness (QED) is 0.786. The van der Waals surface area contributed by atoms with E-state index in [-0.39, 0.29) is 5.78 Å². The van der Waals surface area contributed by atoms with Crippen LogP contribution in [0.3, 0.4) is 0 Å². The van der Waals surface area contributed by atoms with Crippen LogP contribution in [0.25, 0.3) is 0 Å². The van der Waals surface area contributed by atoms with Crippen molar-refractivity contribution < 1.29 is 14.6 Å². The summed E-state index contributed by atoms with van der Waals surface area (Å²) in [7, 11) is 0. The number of carbonyl (C=O) groups is 1. The van der Waals surface area contributed by atoms with Gasteiger partial charge in [0.1, 0.15) is 0 Å². The molecule has 18 heavy (non-hydrogen) atoms. The summed E-state index contributed by atoms with van der Waals surface area (Å²) in [5, 5.41) is 12.6. The van der Waals surface area contributed by atoms with E-state index in [4.69, 9.17) is 4.74 Å². The highest BCUT2D eigenvalue weighted by molar-refractivity contribution is 5.82. The van der Waals surface area contributed by atoms with Crippen molar-refractivity contribution in [2.24, 2.45) is 0 Å². The molecule has 0 radical (unpaired) electrons. The highest BCUT2D eigenvalue weighted by atomic mass is 16.6. The lowest BCUT2D eigenvalue weighted by atomic mass is 10.0. The Balaban J connectivity index is 2.74. The lowest BCUT2D eigenvalue weighted by molar-refractivity contribution is -0.186. The van der Waals surface area contributed by atoms with Crippen molar-refractivity contribution in [2.75, 3.05) is 0 Å². The van der Waals surface area contributed by atoms with E-state index in [9.17, 15) is 9.90 Å². The molecular weight excluding hydrogens is 230 g/mol. The SMILES string of the molecule is CC(=O)[C@@H](NC(O)OC(C)(C)C)c1ccccc1. The Kier molecular flexibility index (Phi) is 5.02. The third-order valence-corrected chi connectivity index (χ3v) is 2.31. The zero-order valence-electron chi connectivity index (χ0n) is 11.3. The molecule has 0 saturated carbocycles. The van der Waals surface area contributed by atoms with E-state index < -0.39 is 18.1 Å². The molecule has 4 nitrogen and oxygen atoms in total. The Labute approximate surface area is 108 Å². The molecule has 0 saturated heterocycles. The Morgan fingerprint density at radius 2 is 1.83 bits per heavy atom. The fraction of sp³-hybridized carbons (Fsp3) is 0.500. The van der Waals surface area contributed by atoms with E-state index in [0.29, 0.717) is 0 Å². The van der Waals surface area contributed by atoms with Crippen LogP contribution in [0.4, 0.5) is 0 Å². The zero-order valence-corrected chi connectivity index (χ0v) is 11.3. The molecule has 0 heterocycles. The van der Waals surface area contributed by atoms with Gasteiger partial charge in [-0.3, -0.25) is 10.1 Å². The number of ketones is 1. The Bertz CT molecular complexity index is 384. The van der Waals surface area contributed by atoms with Crippen LogP contribution in [0.5, 0.6) is 0 Å². The third-order valence-electron chi connectivity index (χ3n) is 2.31. The van der Waals surface area contributed by atoms with Crippen LogP contribution < -0.4 is 5.32 Å². The summed E-state index contributed by atoms with van der Waals surface area (Å²) in [4.78, 5) is 11.6. The molecule has 1 aromatic carbocycles. The number of aliphatic hydroxyl groups is 1. The summed E-state index contributed by atoms with van der Waals surface area (Å²) >= 11 is 0. The van der Waals surface area contributed by atoms with Gasteiger partial charge in [0.15, 0.2) is 5.78 Å². The minimum atomic E-state index is -1.18. The Morgan fingerprint density at radius 3 is 2.28 bits per heavy atom. The molecule has 100 valence electrons. The normalized spacial score (nSPS) is 15.2. The van der Waals surface area contributed by atoms with Crippen molar-refractivity contribution in [3.8, 4) is 0 Å². The van der Waals surface area contributed by atoms with Crippen LogP contribution in [0.1, 0.15) is 39.3 Å². The first-order chi connectivity index (χ1) is 8.29. The van der Waals surface area contributed by atoms with Crippen molar-refractivity contribution in [2.45, 2.75) is 45.8 Å². The van der Waals surface area contributed by atoms with E-state index >= 15 is 0 Å². The number of aliphatic hydroxyl groups excluding tert-OH is 1. The van der Waals surface area contributed by atoms with Crippen molar-refractivity contribution in [1.29, 1.82) is 0 Å². The number of benzene rings is 1. The Hall–Kier alpha value is -1.23. The van der Waals surface area contributed by atoms with Gasteiger partial charge in [0.05, 0.1) is 11.6 Å². The van der Waals surface area contributed by atoms with Crippen molar-refractivity contribution in [3.05, 3.63) is 35.9 Å². The number of hydrogen-bond donors (Lipinski definition) is 2. The van der Waals surface area contributed by atoms with Crippen molar-refractivity contribution in [1.82, 2.24) is 5.32 Å². The predicted octanol–water partition coefficient (Wildman–Crippen LogP) is 2.00. The van der Waals surface area contributed by atoms with E-state index in [1.54, 1.807) is 0 Å². The minimum Gasteiger partial charge on any atom is -0.356 e. The van der Waals surface area contributed by atoms with E-state index in [0.717, 1.165) is 5.56 Å². The molecule has 2 N–H and O–H groups in total. The summed E-state index contributed by atoms with van der Waals surface area (Å²) < 4.78 is 5.33. The molecule has 0 aliphatic rings. The first-order valence-electron chi connectivity index (χ1n) is 5.97. The average molecular weight is 251 g/mol. The van der Waals surface area contributed by atoms with E-state index in [1.165, 1.54) is 6.92 Å². The molecule has 2 atom stereocenters. The highest BCUT2D eigenvalue weighted by Gasteiger charge is 2.23. The number of hydrogen-bond acceptors (Lipinski definition) is 4. The van der Waals surface area contributed by atoms with Crippen LogP contribution in [0.15, 0.2) is 30.3 Å². The predicted molar refractivity (Wildman–Crippen MR) is 69.8 cm³/mol. The van der Waals surface area contributed by atoms with Gasteiger partial charge >= 0.3 is 0 Å². The summed E-state index contributed by atoms with van der Waals surface area (Å²) in [6.07, 6.45) is -1.18. The van der Waals surface area contributed by atoms with Gasteiger partial charge in [0.25, 0.3) is 0 Å². The van der Waals surface area contributed by atoms with Crippen LogP contribution in [0, 0.1) is 0 Å². The van der Waals surface area contributed by atoms with Gasteiger partial charge < -0.3 is 9.84 Å². The molecule has 4 heteroatoms. The molecule has 0 amide bonds. The molecule has 0 bridgehead atoms. The Morgan fingerprint density at radius 1 is 1.28 bits per heavy atom. The fourth-order valence-corrected chi connectivity index (χ4v) is 1.61. The molecule has 1 unspecified atom stereocenters. The fourth-order valence-electron chi connectivity index (χ4n) is 1.61. The molecule has 0 spiro atoms. The molecule has 0 aliphatic carbocycles. The summed E-state index contributed by atoms with van der Waals surface area (Å²) in [5.74, 6) is -0.0715. The molecule has 0 aromatic heterocycles. The maximum atomic E-state index is 11.6. The molecular formula is C14H21NO3. The van der Waals surface area contributed by atoms with Gasteiger partial charge in [-0.15, -0.1) is 0 Å². The topological polar surface area (TPSA) is 58.6 Å². The lowest BCUT2D eigenvalue weighted by Crippen LogP contribution is -2.42. The van der Waals surface area contributed by atoms with E-state index in [1.807, 2.05) is 51.1 Å². The van der Waals surface area contributed by atoms with Crippen LogP contribution in [-0.4, -0.2) is 22.9 Å². The maximum Gasteiger partial charge on any atom is 0.214 e. The first-order valence-corrected chi connectivity index (χ1v) is 5.97. The average Bonchev–Trinajstić information content (AvgIpc) is 2.24. The van der Waals surface area contributed by atoms with Gasteiger partial charge in [-0.05, 0) is 33.3 Å². The van der Waals surface area contributed by atoms with Gasteiger partial charge in [-0.2, -0.15) is 0 Å². The standard InChI is InChI=1S/C14H21NO3/c1-10(16)12(11-8-6-5-7-9-11)15-13(17)18-14(2,3)4/h5-9,12-13,15,17H,1-4H3/t12-,13?/m1/s1. The second-order valence-corrected chi connectivity index (χ2v) is 5.20. The summed E-state index contributed by atoms with van der Waals surface area (Å²) in [5.41, 5.74) is 0.325. The summed E-state index contributed by atoms with van der Waals surface area (Å²) in [6.45, 7) is 6.99. The van der Waals surface area contributed by atoms with Gasteiger partial charge in [-0.25, -0.2) is 0 Å². The molecule has 1 aromatic rings. The first kappa shape index (κ1) is 14.8. The monoisotopic (exact) mass is 251 g/mol. The molecule has 0 fully saturated rings. The number of nitrogens with one attached hydrogen (secondary N) is 1. The highest BCUT2D eigenvalue weighted by Crippen LogP contribution is 2.16. The van der Waals surface area contributed by atoms with Crippen LogP contribution in [-0.2, 0) is 9.53 Å². The molecule has 0 aliphatic heterocycles. The number of Topliss-reactive ketones (excluding diaryl/α,β-unsaturated/α-hetero) is 1. The number of ether oxygens (including phenoxy) is 1. The van der Waals surface area contributed by atoms with Gasteiger partial charge in [0.2, 0.25) is 6.41 Å². The van der Waals surface area contributed by atoms with Gasteiger partial charge in [-0.1, -0.05) is 30.3 Å². The van der Waals surface area contributed by atoms with Crippen molar-refractivity contribution >= 4 is 5.78 Å². The van der Waals surface area contributed by atoms with Crippen molar-refractivity contribution in [3.63, 3.8) is 0 Å². The maximum absolute atomic E-state index is 11.6. The minimum absolute atomic E-state index is 0.0715. The summed E-state index contributed by atoms with van der Waals surface area (Å²) in [6, 6.07) is 8.69. The second kappa shape index (κ2) is 6.09. The number of carbonyl (C=O) groups excluding carboxylic acids is 1.